The fourth-order valence-corrected chi connectivity index (χ4v) is 1.92. The van der Waals surface area contributed by atoms with Crippen molar-refractivity contribution in [3.05, 3.63) is 12.4 Å². The van der Waals surface area contributed by atoms with E-state index in [1.165, 1.54) is 0 Å². The maximum atomic E-state index is 11.8. The number of rotatable bonds is 5. The van der Waals surface area contributed by atoms with Gasteiger partial charge in [0.1, 0.15) is 0 Å². The summed E-state index contributed by atoms with van der Waals surface area (Å²) in [5.74, 6) is 0.701. The molecule has 0 aromatic carbocycles. The van der Waals surface area contributed by atoms with Crippen molar-refractivity contribution in [2.24, 2.45) is 0 Å². The Labute approximate surface area is 107 Å². The van der Waals surface area contributed by atoms with Gasteiger partial charge in [0, 0.05) is 32.7 Å². The lowest BCUT2D eigenvalue weighted by Gasteiger charge is -2.27. The second kappa shape index (κ2) is 6.39. The number of hydrogen-bond donors (Lipinski definition) is 1. The fraction of sp³-hybridized carbons (Fsp3) is 0.667. The SMILES string of the molecule is CCCn1cc(OCC(=O)N2CCNCC2)cn1. The highest BCUT2D eigenvalue weighted by atomic mass is 16.5. The van der Waals surface area contributed by atoms with Gasteiger partial charge in [0.15, 0.2) is 12.4 Å². The Morgan fingerprint density at radius 1 is 1.50 bits per heavy atom. The van der Waals surface area contributed by atoms with Crippen molar-refractivity contribution in [1.82, 2.24) is 20.0 Å². The Bertz CT molecular complexity index is 385. The van der Waals surface area contributed by atoms with Gasteiger partial charge < -0.3 is 15.0 Å². The molecule has 6 heteroatoms. The Balaban J connectivity index is 1.77. The van der Waals surface area contributed by atoms with Crippen LogP contribution in [-0.2, 0) is 11.3 Å². The number of aryl methyl sites for hydroxylation is 1. The van der Waals surface area contributed by atoms with E-state index in [0.29, 0.717) is 5.75 Å². The number of aromatic nitrogens is 2. The van der Waals surface area contributed by atoms with E-state index in [4.69, 9.17) is 4.74 Å². The van der Waals surface area contributed by atoms with Crippen molar-refractivity contribution in [1.29, 1.82) is 0 Å². The molecule has 6 nitrogen and oxygen atoms in total. The zero-order valence-electron chi connectivity index (χ0n) is 10.8. The molecule has 1 saturated heterocycles. The van der Waals surface area contributed by atoms with E-state index in [1.54, 1.807) is 6.20 Å². The molecule has 2 heterocycles. The highest BCUT2D eigenvalue weighted by Crippen LogP contribution is 2.08. The second-order valence-electron chi connectivity index (χ2n) is 4.36. The summed E-state index contributed by atoms with van der Waals surface area (Å²) in [6.45, 7) is 6.30. The van der Waals surface area contributed by atoms with Gasteiger partial charge in [-0.3, -0.25) is 9.48 Å². The van der Waals surface area contributed by atoms with E-state index in [2.05, 4.69) is 17.3 Å². The van der Waals surface area contributed by atoms with Crippen molar-refractivity contribution in [3.63, 3.8) is 0 Å². The molecule has 0 bridgehead atoms. The number of ether oxygens (including phenoxy) is 1. The van der Waals surface area contributed by atoms with Crippen molar-refractivity contribution in [3.8, 4) is 5.75 Å². The lowest BCUT2D eigenvalue weighted by atomic mass is 10.3. The van der Waals surface area contributed by atoms with E-state index < -0.39 is 0 Å². The number of hydrogen-bond acceptors (Lipinski definition) is 4. The Morgan fingerprint density at radius 3 is 3.00 bits per heavy atom. The van der Waals surface area contributed by atoms with Crippen molar-refractivity contribution >= 4 is 5.91 Å². The number of carbonyl (C=O) groups is 1. The van der Waals surface area contributed by atoms with Crippen LogP contribution in [0.5, 0.6) is 5.75 Å². The van der Waals surface area contributed by atoms with E-state index in [-0.39, 0.29) is 12.5 Å². The standard InChI is InChI=1S/C12H20N4O2/c1-2-5-16-9-11(8-14-16)18-10-12(17)15-6-3-13-4-7-15/h8-9,13H,2-7,10H2,1H3. The maximum absolute atomic E-state index is 11.8. The topological polar surface area (TPSA) is 59.4 Å². The van der Waals surface area contributed by atoms with Gasteiger partial charge in [-0.25, -0.2) is 0 Å². The second-order valence-corrected chi connectivity index (χ2v) is 4.36. The predicted octanol–water partition coefficient (Wildman–Crippen LogP) is 0.104. The first-order valence-electron chi connectivity index (χ1n) is 6.43. The first-order chi connectivity index (χ1) is 8.79. The molecule has 1 aromatic heterocycles. The smallest absolute Gasteiger partial charge is 0.260 e. The van der Waals surface area contributed by atoms with Crippen LogP contribution in [0.25, 0.3) is 0 Å². The summed E-state index contributed by atoms with van der Waals surface area (Å²) in [4.78, 5) is 13.7. The molecule has 1 fully saturated rings. The highest BCUT2D eigenvalue weighted by Gasteiger charge is 2.16. The number of carbonyl (C=O) groups excluding carboxylic acids is 1. The molecule has 1 aliphatic heterocycles. The molecule has 0 radical (unpaired) electrons. The Kier molecular flexibility index (Phi) is 4.58. The van der Waals surface area contributed by atoms with Gasteiger partial charge >= 0.3 is 0 Å². The first kappa shape index (κ1) is 12.9. The molecule has 1 amide bonds. The van der Waals surface area contributed by atoms with Gasteiger partial charge in [-0.15, -0.1) is 0 Å². The highest BCUT2D eigenvalue weighted by molar-refractivity contribution is 5.77. The zero-order valence-corrected chi connectivity index (χ0v) is 10.8. The van der Waals surface area contributed by atoms with Crippen LogP contribution in [0.15, 0.2) is 12.4 Å². The summed E-state index contributed by atoms with van der Waals surface area (Å²) in [5, 5.41) is 7.37. The molecule has 1 N–H and O–H groups in total. The fourth-order valence-electron chi connectivity index (χ4n) is 1.92. The minimum Gasteiger partial charge on any atom is -0.480 e. The number of amides is 1. The predicted molar refractivity (Wildman–Crippen MR) is 67.5 cm³/mol. The number of piperazine rings is 1. The molecule has 1 aliphatic rings. The number of nitrogens with one attached hydrogen (secondary N) is 1. The molecule has 1 aromatic rings. The molecule has 100 valence electrons. The Hall–Kier alpha value is -1.56. The quantitative estimate of drug-likeness (QED) is 0.807. The van der Waals surface area contributed by atoms with Crippen molar-refractivity contribution < 1.29 is 9.53 Å². The monoisotopic (exact) mass is 252 g/mol. The van der Waals surface area contributed by atoms with Crippen molar-refractivity contribution in [2.45, 2.75) is 19.9 Å². The van der Waals surface area contributed by atoms with Crippen LogP contribution >= 0.6 is 0 Å². The molecular formula is C12H20N4O2. The summed E-state index contributed by atoms with van der Waals surface area (Å²) >= 11 is 0. The average molecular weight is 252 g/mol. The van der Waals surface area contributed by atoms with Crippen LogP contribution in [0, 0.1) is 0 Å². The molecule has 0 aliphatic carbocycles. The van der Waals surface area contributed by atoms with Gasteiger partial charge in [-0.2, -0.15) is 5.10 Å². The summed E-state index contributed by atoms with van der Waals surface area (Å²) in [7, 11) is 0. The molecule has 18 heavy (non-hydrogen) atoms. The molecule has 0 unspecified atom stereocenters. The van der Waals surface area contributed by atoms with Crippen LogP contribution in [0.3, 0.4) is 0 Å². The third kappa shape index (κ3) is 3.46. The van der Waals surface area contributed by atoms with E-state index in [0.717, 1.165) is 39.1 Å². The largest absolute Gasteiger partial charge is 0.480 e. The summed E-state index contributed by atoms with van der Waals surface area (Å²) < 4.78 is 7.28. The van der Waals surface area contributed by atoms with Gasteiger partial charge in [0.25, 0.3) is 5.91 Å². The van der Waals surface area contributed by atoms with Gasteiger partial charge in [-0.1, -0.05) is 6.92 Å². The van der Waals surface area contributed by atoms with Gasteiger partial charge in [0.2, 0.25) is 0 Å². The Morgan fingerprint density at radius 2 is 2.28 bits per heavy atom. The van der Waals surface area contributed by atoms with Crippen LogP contribution in [0.2, 0.25) is 0 Å². The van der Waals surface area contributed by atoms with Crippen LogP contribution < -0.4 is 10.1 Å². The summed E-state index contributed by atoms with van der Waals surface area (Å²) in [5.41, 5.74) is 0. The van der Waals surface area contributed by atoms with Crippen LogP contribution in [0.4, 0.5) is 0 Å². The van der Waals surface area contributed by atoms with E-state index >= 15 is 0 Å². The first-order valence-corrected chi connectivity index (χ1v) is 6.43. The third-order valence-electron chi connectivity index (χ3n) is 2.89. The number of nitrogens with zero attached hydrogens (tertiary/aromatic N) is 3. The van der Waals surface area contributed by atoms with Gasteiger partial charge in [0.05, 0.1) is 12.4 Å². The molecule has 0 atom stereocenters. The lowest BCUT2D eigenvalue weighted by Crippen LogP contribution is -2.47. The van der Waals surface area contributed by atoms with Crippen molar-refractivity contribution in [2.75, 3.05) is 32.8 Å². The van der Waals surface area contributed by atoms with Crippen LogP contribution in [-0.4, -0.2) is 53.4 Å². The third-order valence-corrected chi connectivity index (χ3v) is 2.89. The van der Waals surface area contributed by atoms with E-state index in [1.807, 2.05) is 15.8 Å². The minimum absolute atomic E-state index is 0.0414. The average Bonchev–Trinajstić information content (AvgIpc) is 2.85. The minimum atomic E-state index is 0.0414. The van der Waals surface area contributed by atoms with E-state index in [9.17, 15) is 4.79 Å². The zero-order chi connectivity index (χ0) is 12.8. The normalized spacial score (nSPS) is 15.7. The molecule has 0 saturated carbocycles. The summed E-state index contributed by atoms with van der Waals surface area (Å²) in [6, 6.07) is 0. The van der Waals surface area contributed by atoms with Crippen LogP contribution in [0.1, 0.15) is 13.3 Å². The molecule has 0 spiro atoms. The summed E-state index contributed by atoms with van der Waals surface area (Å²) in [6.07, 6.45) is 4.51. The maximum Gasteiger partial charge on any atom is 0.260 e. The molecular weight excluding hydrogens is 232 g/mol. The lowest BCUT2D eigenvalue weighted by molar-refractivity contribution is -0.133. The van der Waals surface area contributed by atoms with Gasteiger partial charge in [-0.05, 0) is 6.42 Å². The molecule has 2 rings (SSSR count).